The summed E-state index contributed by atoms with van der Waals surface area (Å²) in [5.74, 6) is -0.443. The molecule has 1 aliphatic carbocycles. The highest BCUT2D eigenvalue weighted by Crippen LogP contribution is 2.39. The molecular weight excluding hydrogens is 688 g/mol. The van der Waals surface area contributed by atoms with E-state index in [9.17, 15) is 27.0 Å². The zero-order valence-corrected chi connectivity index (χ0v) is 29.9. The summed E-state index contributed by atoms with van der Waals surface area (Å²) < 4.78 is 53.8. The van der Waals surface area contributed by atoms with E-state index in [4.69, 9.17) is 28.2 Å². The van der Waals surface area contributed by atoms with Crippen molar-refractivity contribution in [3.05, 3.63) is 45.4 Å². The molecule has 48 heavy (non-hydrogen) atoms. The molecule has 3 N–H and O–H groups in total. The predicted octanol–water partition coefficient (Wildman–Crippen LogP) is 7.09. The maximum atomic E-state index is 13.8. The topological polar surface area (TPSA) is 108 Å². The molecule has 15 heteroatoms. The Labute approximate surface area is 290 Å². The average Bonchev–Trinajstić information content (AvgIpc) is 3.59. The minimum Gasteiger partial charge on any atom is -0.370 e. The first-order chi connectivity index (χ1) is 22.4. The van der Waals surface area contributed by atoms with Gasteiger partial charge in [0.15, 0.2) is 0 Å². The predicted molar refractivity (Wildman–Crippen MR) is 186 cm³/mol. The number of aromatic nitrogens is 2. The standard InChI is InChI=1S/C33H41Cl2F3N6O3S/c1-32(2,3)30(46)39-16-18-6-11-23(34)28(27(18)35)42-31-41-24-14-22(29(45)40-20-9-7-19(8-10-20)33(36,37)38)25(15-26(24)44(31)5)43(4)21-12-13-48(47)17-21/h6,11,14-15,19-21H,7-10,12-13,16-17H2,1-5H3,(H,39,46)(H,40,45)(H,41,42)/t19?,20?,21-,48-/m1/s1. The number of halogens is 5. The monoisotopic (exact) mass is 728 g/mol. The summed E-state index contributed by atoms with van der Waals surface area (Å²) in [4.78, 5) is 33.0. The molecule has 2 atom stereocenters. The van der Waals surface area contributed by atoms with Crippen LogP contribution in [0.4, 0.5) is 30.5 Å². The Balaban J connectivity index is 1.45. The van der Waals surface area contributed by atoms with Crippen LogP contribution in [0.5, 0.6) is 0 Å². The van der Waals surface area contributed by atoms with Gasteiger partial charge >= 0.3 is 6.18 Å². The van der Waals surface area contributed by atoms with Gasteiger partial charge < -0.3 is 25.4 Å². The minimum absolute atomic E-state index is 0.0291. The largest absolute Gasteiger partial charge is 0.391 e. The number of carbonyl (C=O) groups is 2. The molecule has 2 aliphatic rings. The van der Waals surface area contributed by atoms with E-state index in [1.165, 1.54) is 0 Å². The number of alkyl halides is 3. The van der Waals surface area contributed by atoms with Gasteiger partial charge in [-0.2, -0.15) is 13.2 Å². The Hall–Kier alpha value is -3.03. The lowest BCUT2D eigenvalue weighted by atomic mass is 9.85. The number of nitrogens with one attached hydrogen (secondary N) is 3. The second-order valence-electron chi connectivity index (χ2n) is 13.7. The molecule has 1 aliphatic heterocycles. The lowest BCUT2D eigenvalue weighted by molar-refractivity contribution is -0.182. The third-order valence-electron chi connectivity index (χ3n) is 9.28. The van der Waals surface area contributed by atoms with Gasteiger partial charge in [0.05, 0.1) is 43.9 Å². The SMILES string of the molecule is CN(c1cc2c(cc1C(=O)NC1CCC(C(F)(F)F)CC1)nc(Nc1c(Cl)ccc(CNC(=O)C(C)(C)C)c1Cl)n2C)[C@@H]1CC[S@@](=O)C1. The summed E-state index contributed by atoms with van der Waals surface area (Å²) >= 11 is 13.3. The quantitative estimate of drug-likeness (QED) is 0.229. The molecule has 262 valence electrons. The van der Waals surface area contributed by atoms with E-state index in [0.29, 0.717) is 67.5 Å². The Bertz CT molecular complexity index is 1730. The normalized spacial score (nSPS) is 21.7. The molecule has 0 unspecified atom stereocenters. The number of aryl methyl sites for hydroxylation is 1. The van der Waals surface area contributed by atoms with Crippen LogP contribution in [0.15, 0.2) is 24.3 Å². The molecule has 2 heterocycles. The lowest BCUT2D eigenvalue weighted by Crippen LogP contribution is -2.41. The molecular formula is C33H41Cl2F3N6O3S. The zero-order chi connectivity index (χ0) is 35.1. The van der Waals surface area contributed by atoms with Crippen molar-refractivity contribution >= 4 is 74.2 Å². The lowest BCUT2D eigenvalue weighted by Gasteiger charge is -2.31. The molecule has 1 saturated heterocycles. The number of benzene rings is 2. The van der Waals surface area contributed by atoms with E-state index in [1.54, 1.807) is 29.8 Å². The fourth-order valence-corrected chi connectivity index (χ4v) is 8.24. The Morgan fingerprint density at radius 1 is 1.08 bits per heavy atom. The summed E-state index contributed by atoms with van der Waals surface area (Å²) in [5.41, 5.74) is 2.61. The van der Waals surface area contributed by atoms with Crippen molar-refractivity contribution in [3.8, 4) is 0 Å². The number of imidazole rings is 1. The number of hydrogen-bond donors (Lipinski definition) is 3. The molecule has 2 amide bonds. The van der Waals surface area contributed by atoms with Crippen molar-refractivity contribution in [3.63, 3.8) is 0 Å². The number of anilines is 3. The van der Waals surface area contributed by atoms with E-state index in [2.05, 4.69) is 16.0 Å². The second-order valence-corrected chi connectivity index (χ2v) is 16.1. The average molecular weight is 730 g/mol. The molecule has 3 aromatic rings. The summed E-state index contributed by atoms with van der Waals surface area (Å²) in [6, 6.07) is 6.52. The van der Waals surface area contributed by atoms with Gasteiger partial charge in [-0.05, 0) is 55.9 Å². The maximum Gasteiger partial charge on any atom is 0.391 e. The molecule has 0 spiro atoms. The highest BCUT2D eigenvalue weighted by atomic mass is 35.5. The second kappa shape index (κ2) is 14.1. The van der Waals surface area contributed by atoms with Crippen LogP contribution in [-0.4, -0.2) is 62.4 Å². The van der Waals surface area contributed by atoms with Crippen molar-refractivity contribution in [1.29, 1.82) is 0 Å². The number of nitrogens with zero attached hydrogens (tertiary/aromatic N) is 3. The van der Waals surface area contributed by atoms with Crippen LogP contribution in [0.1, 0.15) is 68.8 Å². The number of amides is 2. The van der Waals surface area contributed by atoms with Gasteiger partial charge in [0.2, 0.25) is 11.9 Å². The molecule has 1 aromatic heterocycles. The van der Waals surface area contributed by atoms with Crippen LogP contribution in [0, 0.1) is 11.3 Å². The van der Waals surface area contributed by atoms with Crippen LogP contribution < -0.4 is 20.9 Å². The minimum atomic E-state index is -4.24. The van der Waals surface area contributed by atoms with Crippen LogP contribution in [0.2, 0.25) is 10.0 Å². The highest BCUT2D eigenvalue weighted by Gasteiger charge is 2.41. The van der Waals surface area contributed by atoms with Gasteiger partial charge in [0.1, 0.15) is 0 Å². The van der Waals surface area contributed by atoms with Gasteiger partial charge in [-0.1, -0.05) is 50.0 Å². The molecule has 9 nitrogen and oxygen atoms in total. The molecule has 0 bridgehead atoms. The zero-order valence-electron chi connectivity index (χ0n) is 27.6. The molecule has 1 saturated carbocycles. The first kappa shape index (κ1) is 36.3. The van der Waals surface area contributed by atoms with E-state index in [-0.39, 0.29) is 50.2 Å². The van der Waals surface area contributed by atoms with Crippen LogP contribution in [0.3, 0.4) is 0 Å². The van der Waals surface area contributed by atoms with Gasteiger partial charge in [0.25, 0.3) is 5.91 Å². The summed E-state index contributed by atoms with van der Waals surface area (Å²) in [5, 5.41) is 9.75. The smallest absolute Gasteiger partial charge is 0.370 e. The Kier molecular flexibility index (Phi) is 10.6. The van der Waals surface area contributed by atoms with Crippen LogP contribution >= 0.6 is 23.2 Å². The van der Waals surface area contributed by atoms with Crippen LogP contribution in [0.25, 0.3) is 11.0 Å². The highest BCUT2D eigenvalue weighted by molar-refractivity contribution is 7.85. The Morgan fingerprint density at radius 3 is 2.38 bits per heavy atom. The Morgan fingerprint density at radius 2 is 1.77 bits per heavy atom. The summed E-state index contributed by atoms with van der Waals surface area (Å²) in [6.45, 7) is 5.65. The summed E-state index contributed by atoms with van der Waals surface area (Å²) in [7, 11) is 2.71. The first-order valence-electron chi connectivity index (χ1n) is 15.9. The molecule has 0 radical (unpaired) electrons. The van der Waals surface area contributed by atoms with Gasteiger partial charge in [-0.25, -0.2) is 4.98 Å². The van der Waals surface area contributed by atoms with Gasteiger partial charge in [-0.3, -0.25) is 13.8 Å². The molecule has 5 rings (SSSR count). The van der Waals surface area contributed by atoms with E-state index >= 15 is 0 Å². The third kappa shape index (κ3) is 7.89. The van der Waals surface area contributed by atoms with Crippen molar-refractivity contribution < 1.29 is 27.0 Å². The number of rotatable bonds is 8. The first-order valence-corrected chi connectivity index (χ1v) is 18.2. The van der Waals surface area contributed by atoms with Crippen LogP contribution in [-0.2, 0) is 29.2 Å². The van der Waals surface area contributed by atoms with Crippen molar-refractivity contribution in [2.45, 2.75) is 77.7 Å². The summed E-state index contributed by atoms with van der Waals surface area (Å²) in [6.07, 6.45) is -3.12. The molecule has 2 aromatic carbocycles. The van der Waals surface area contributed by atoms with Gasteiger partial charge in [-0.15, -0.1) is 0 Å². The van der Waals surface area contributed by atoms with E-state index in [1.807, 2.05) is 38.8 Å². The number of fused-ring (bicyclic) bond motifs is 1. The maximum absolute atomic E-state index is 13.8. The van der Waals surface area contributed by atoms with E-state index in [0.717, 1.165) is 0 Å². The van der Waals surface area contributed by atoms with Crippen molar-refractivity contribution in [1.82, 2.24) is 20.2 Å². The number of hydrogen-bond acceptors (Lipinski definition) is 6. The third-order valence-corrected chi connectivity index (χ3v) is 11.5. The van der Waals surface area contributed by atoms with E-state index < -0.39 is 34.2 Å². The van der Waals surface area contributed by atoms with Crippen molar-refractivity contribution in [2.24, 2.45) is 18.4 Å². The van der Waals surface area contributed by atoms with Gasteiger partial charge in [0, 0.05) is 60.4 Å². The fourth-order valence-electron chi connectivity index (χ4n) is 6.19. The van der Waals surface area contributed by atoms with Crippen molar-refractivity contribution in [2.75, 3.05) is 28.8 Å². The fraction of sp³-hybridized carbons (Fsp3) is 0.545. The number of carbonyl (C=O) groups excluding carboxylic acids is 2. The molecule has 2 fully saturated rings.